The van der Waals surface area contributed by atoms with Crippen molar-refractivity contribution in [2.45, 2.75) is 47.5 Å². The van der Waals surface area contributed by atoms with Crippen LogP contribution in [0.1, 0.15) is 48.9 Å². The molecule has 1 aromatic rings. The first kappa shape index (κ1) is 25.8. The zero-order valence-electron chi connectivity index (χ0n) is 20.0. The van der Waals surface area contributed by atoms with E-state index in [-0.39, 0.29) is 37.0 Å². The van der Waals surface area contributed by atoms with E-state index in [9.17, 15) is 14.4 Å². The van der Waals surface area contributed by atoms with Crippen LogP contribution in [0.4, 0.5) is 4.79 Å². The Labute approximate surface area is 195 Å². The van der Waals surface area contributed by atoms with Crippen LogP contribution >= 0.6 is 0 Å². The Morgan fingerprint density at radius 2 is 1.91 bits per heavy atom. The smallest absolute Gasteiger partial charge is 0.434 e. The molecule has 0 saturated heterocycles. The third-order valence-corrected chi connectivity index (χ3v) is 5.35. The minimum atomic E-state index is -0.829. The number of carbonyl (C=O) groups is 3. The first-order valence-corrected chi connectivity index (χ1v) is 11.0. The van der Waals surface area contributed by atoms with Crippen LogP contribution in [-0.4, -0.2) is 37.7 Å². The number of hydrogen-bond donors (Lipinski definition) is 1. The predicted octanol–water partition coefficient (Wildman–Crippen LogP) is 4.75. The molecule has 1 unspecified atom stereocenters. The number of carbonyl (C=O) groups excluding carboxylic acids is 3. The van der Waals surface area contributed by atoms with E-state index in [1.807, 2.05) is 39.8 Å². The number of hydrogen-bond acceptors (Lipinski definition) is 6. The predicted molar refractivity (Wildman–Crippen MR) is 129 cm³/mol. The summed E-state index contributed by atoms with van der Waals surface area (Å²) in [4.78, 5) is 41.5. The van der Waals surface area contributed by atoms with Crippen LogP contribution in [0.15, 0.2) is 46.8 Å². The maximum absolute atomic E-state index is 13.4. The van der Waals surface area contributed by atoms with Gasteiger partial charge in [-0.15, -0.1) is 0 Å². The SMILES string of the molecule is C=N/C(=C\C=C/C)C(=O)NCCC1CC(OC(=O)OCC)=C(c2c(C)cc(C)cc2C)C1=O. The van der Waals surface area contributed by atoms with Gasteiger partial charge in [-0.25, -0.2) is 4.79 Å². The number of ether oxygens (including phenoxy) is 2. The molecule has 0 spiro atoms. The van der Waals surface area contributed by atoms with Gasteiger partial charge in [0.15, 0.2) is 5.78 Å². The van der Waals surface area contributed by atoms with E-state index >= 15 is 0 Å². The van der Waals surface area contributed by atoms with Crippen LogP contribution in [0.25, 0.3) is 5.57 Å². The number of aryl methyl sites for hydroxylation is 3. The third kappa shape index (κ3) is 6.51. The summed E-state index contributed by atoms with van der Waals surface area (Å²) in [6, 6.07) is 4.00. The molecule has 0 saturated carbocycles. The lowest BCUT2D eigenvalue weighted by atomic mass is 9.90. The molecule has 1 aliphatic rings. The van der Waals surface area contributed by atoms with E-state index in [4.69, 9.17) is 9.47 Å². The van der Waals surface area contributed by atoms with Crippen LogP contribution in [0.5, 0.6) is 0 Å². The Balaban J connectivity index is 2.24. The molecule has 7 heteroatoms. The van der Waals surface area contributed by atoms with Crippen molar-refractivity contribution in [1.29, 1.82) is 0 Å². The lowest BCUT2D eigenvalue weighted by molar-refractivity contribution is -0.119. The fourth-order valence-electron chi connectivity index (χ4n) is 4.01. The lowest BCUT2D eigenvalue weighted by Crippen LogP contribution is -2.27. The lowest BCUT2D eigenvalue weighted by Gasteiger charge is -2.14. The normalized spacial score (nSPS) is 16.3. The van der Waals surface area contributed by atoms with E-state index in [2.05, 4.69) is 17.0 Å². The van der Waals surface area contributed by atoms with E-state index < -0.39 is 12.1 Å². The highest BCUT2D eigenvalue weighted by Crippen LogP contribution is 2.40. The molecule has 0 bridgehead atoms. The van der Waals surface area contributed by atoms with Gasteiger partial charge in [0.1, 0.15) is 11.5 Å². The monoisotopic (exact) mass is 452 g/mol. The summed E-state index contributed by atoms with van der Waals surface area (Å²) in [6.45, 7) is 13.2. The Morgan fingerprint density at radius 1 is 1.24 bits per heavy atom. The Bertz CT molecular complexity index is 1010. The standard InChI is InChI=1S/C26H32N2O5/c1-7-9-10-20(27-6)25(30)28-12-11-19-15-21(33-26(31)32-8-2)23(24(19)29)22-17(4)13-16(3)14-18(22)5/h7,9-10,13-14,19H,6,8,11-12,15H2,1-5H3,(H,28,30)/b9-7-,20-10-. The van der Waals surface area contributed by atoms with Crippen LogP contribution in [0, 0.1) is 26.7 Å². The second-order valence-electron chi connectivity index (χ2n) is 7.90. The highest BCUT2D eigenvalue weighted by Gasteiger charge is 2.37. The molecule has 33 heavy (non-hydrogen) atoms. The van der Waals surface area contributed by atoms with Gasteiger partial charge in [0, 0.05) is 18.9 Å². The average molecular weight is 453 g/mol. The summed E-state index contributed by atoms with van der Waals surface area (Å²) in [7, 11) is 0. The minimum absolute atomic E-state index is 0.106. The van der Waals surface area contributed by atoms with E-state index in [1.165, 1.54) is 0 Å². The molecule has 0 fully saturated rings. The molecular weight excluding hydrogens is 420 g/mol. The first-order chi connectivity index (χ1) is 15.7. The van der Waals surface area contributed by atoms with E-state index in [0.717, 1.165) is 22.3 Å². The molecule has 1 N–H and O–H groups in total. The zero-order valence-corrected chi connectivity index (χ0v) is 20.0. The largest absolute Gasteiger partial charge is 0.513 e. The van der Waals surface area contributed by atoms with E-state index in [1.54, 1.807) is 25.2 Å². The molecular formula is C26H32N2O5. The van der Waals surface area contributed by atoms with Crippen LogP contribution in [-0.2, 0) is 19.1 Å². The highest BCUT2D eigenvalue weighted by molar-refractivity contribution is 6.25. The number of rotatable bonds is 9. The fourth-order valence-corrected chi connectivity index (χ4v) is 4.01. The first-order valence-electron chi connectivity index (χ1n) is 11.0. The number of ketones is 1. The summed E-state index contributed by atoms with van der Waals surface area (Å²) in [5.74, 6) is -0.587. The summed E-state index contributed by atoms with van der Waals surface area (Å²) >= 11 is 0. The summed E-state index contributed by atoms with van der Waals surface area (Å²) in [6.07, 6.45) is 4.87. The summed E-state index contributed by atoms with van der Waals surface area (Å²) in [5.41, 5.74) is 4.35. The molecule has 1 aromatic carbocycles. The molecule has 1 atom stereocenters. The van der Waals surface area contributed by atoms with Gasteiger partial charge in [-0.2, -0.15) is 0 Å². The van der Waals surface area contributed by atoms with Crippen molar-refractivity contribution in [2.75, 3.05) is 13.2 Å². The molecule has 1 aliphatic carbocycles. The van der Waals surface area contributed by atoms with Crippen molar-refractivity contribution in [3.05, 3.63) is 64.1 Å². The maximum Gasteiger partial charge on any atom is 0.513 e. The van der Waals surface area contributed by atoms with Gasteiger partial charge in [0.2, 0.25) is 0 Å². The fraction of sp³-hybridized carbons (Fsp3) is 0.385. The number of amides is 1. The number of benzene rings is 1. The highest BCUT2D eigenvalue weighted by atomic mass is 16.7. The number of allylic oxidation sites excluding steroid dienone is 5. The molecule has 176 valence electrons. The number of Topliss-reactive ketones (excluding diaryl/α,β-unsaturated/α-hetero) is 1. The van der Waals surface area contributed by atoms with Crippen LogP contribution < -0.4 is 5.32 Å². The summed E-state index contributed by atoms with van der Waals surface area (Å²) < 4.78 is 10.4. The topological polar surface area (TPSA) is 94.1 Å². The molecule has 0 radical (unpaired) electrons. The third-order valence-electron chi connectivity index (χ3n) is 5.35. The zero-order chi connectivity index (χ0) is 24.5. The van der Waals surface area contributed by atoms with Crippen LogP contribution in [0.3, 0.4) is 0 Å². The molecule has 0 aromatic heterocycles. The maximum atomic E-state index is 13.4. The molecule has 7 nitrogen and oxygen atoms in total. The second-order valence-corrected chi connectivity index (χ2v) is 7.90. The molecule has 1 amide bonds. The number of aliphatic imine (C=N–C) groups is 1. The molecule has 0 aliphatic heterocycles. The average Bonchev–Trinajstić information content (AvgIpc) is 3.03. The van der Waals surface area contributed by atoms with Crippen molar-refractivity contribution >= 4 is 30.1 Å². The van der Waals surface area contributed by atoms with Crippen LogP contribution in [0.2, 0.25) is 0 Å². The van der Waals surface area contributed by atoms with Gasteiger partial charge in [0.05, 0.1) is 12.2 Å². The van der Waals surface area contributed by atoms with Crippen molar-refractivity contribution in [3.63, 3.8) is 0 Å². The summed E-state index contributed by atoms with van der Waals surface area (Å²) in [5, 5.41) is 2.77. The minimum Gasteiger partial charge on any atom is -0.434 e. The Morgan fingerprint density at radius 3 is 2.48 bits per heavy atom. The molecule has 2 rings (SSSR count). The Hall–Kier alpha value is -3.48. The second kappa shape index (κ2) is 11.9. The number of nitrogens with one attached hydrogen (secondary N) is 1. The van der Waals surface area contributed by atoms with Gasteiger partial charge in [-0.1, -0.05) is 29.8 Å². The molecule has 0 heterocycles. The van der Waals surface area contributed by atoms with Crippen molar-refractivity contribution in [1.82, 2.24) is 5.32 Å². The van der Waals surface area contributed by atoms with Crippen molar-refractivity contribution < 1.29 is 23.9 Å². The number of nitrogens with zero attached hydrogens (tertiary/aromatic N) is 1. The van der Waals surface area contributed by atoms with Gasteiger partial charge >= 0.3 is 6.16 Å². The van der Waals surface area contributed by atoms with E-state index in [0.29, 0.717) is 17.8 Å². The van der Waals surface area contributed by atoms with Gasteiger partial charge in [-0.05, 0) is 70.5 Å². The van der Waals surface area contributed by atoms with Gasteiger partial charge in [-0.3, -0.25) is 14.6 Å². The van der Waals surface area contributed by atoms with Gasteiger partial charge < -0.3 is 14.8 Å². The quantitative estimate of drug-likeness (QED) is 0.252. The van der Waals surface area contributed by atoms with Gasteiger partial charge in [0.25, 0.3) is 5.91 Å². The van der Waals surface area contributed by atoms with Crippen molar-refractivity contribution in [3.8, 4) is 0 Å². The Kier molecular flexibility index (Phi) is 9.33. The van der Waals surface area contributed by atoms with Crippen molar-refractivity contribution in [2.24, 2.45) is 10.9 Å².